The van der Waals surface area contributed by atoms with Crippen molar-refractivity contribution < 1.29 is 4.74 Å². The first-order valence-electron chi connectivity index (χ1n) is 8.15. The number of ether oxygens (including phenoxy) is 1. The molecule has 1 saturated heterocycles. The molecule has 1 aromatic carbocycles. The van der Waals surface area contributed by atoms with Crippen LogP contribution in [-0.4, -0.2) is 42.3 Å². The molecule has 0 radical (unpaired) electrons. The molecule has 0 saturated carbocycles. The summed E-state index contributed by atoms with van der Waals surface area (Å²) in [4.78, 5) is 13.2. The summed E-state index contributed by atoms with van der Waals surface area (Å²) in [5.74, 6) is 1.37. The number of nitriles is 1. The molecule has 0 unspecified atom stereocenters. The van der Waals surface area contributed by atoms with Gasteiger partial charge in [-0.15, -0.1) is 0 Å². The molecule has 2 aromatic rings. The summed E-state index contributed by atoms with van der Waals surface area (Å²) in [6, 6.07) is 10.0. The van der Waals surface area contributed by atoms with E-state index in [1.807, 2.05) is 38.1 Å². The highest BCUT2D eigenvalue weighted by molar-refractivity contribution is 5.60. The highest BCUT2D eigenvalue weighted by Gasteiger charge is 2.23. The second-order valence-electron chi connectivity index (χ2n) is 5.95. The van der Waals surface area contributed by atoms with E-state index in [9.17, 15) is 5.26 Å². The minimum Gasteiger partial charge on any atom is -0.472 e. The van der Waals surface area contributed by atoms with Crippen LogP contribution in [-0.2, 0) is 0 Å². The predicted molar refractivity (Wildman–Crippen MR) is 93.4 cm³/mol. The third kappa shape index (κ3) is 3.40. The van der Waals surface area contributed by atoms with E-state index in [0.717, 1.165) is 37.7 Å². The Morgan fingerprint density at radius 1 is 1.04 bits per heavy atom. The summed E-state index contributed by atoms with van der Waals surface area (Å²) < 4.78 is 5.77. The number of hydrogen-bond acceptors (Lipinski definition) is 6. The van der Waals surface area contributed by atoms with Crippen LogP contribution >= 0.6 is 0 Å². The average Bonchev–Trinajstić information content (AvgIpc) is 2.62. The van der Waals surface area contributed by atoms with Gasteiger partial charge in [-0.25, -0.2) is 9.97 Å². The SMILES string of the molecule is CC(C)Oc1nccnc1N1CCN(c2ccccc2C#N)CC1. The van der Waals surface area contributed by atoms with Crippen LogP contribution < -0.4 is 14.5 Å². The number of rotatable bonds is 4. The average molecular weight is 323 g/mol. The molecule has 0 spiro atoms. The Morgan fingerprint density at radius 3 is 2.42 bits per heavy atom. The van der Waals surface area contributed by atoms with Crippen LogP contribution in [0.5, 0.6) is 5.88 Å². The van der Waals surface area contributed by atoms with Gasteiger partial charge < -0.3 is 14.5 Å². The van der Waals surface area contributed by atoms with Crippen LogP contribution in [0.1, 0.15) is 19.4 Å². The maximum Gasteiger partial charge on any atom is 0.257 e. The minimum absolute atomic E-state index is 0.0595. The summed E-state index contributed by atoms with van der Waals surface area (Å²) >= 11 is 0. The van der Waals surface area contributed by atoms with Crippen molar-refractivity contribution in [3.63, 3.8) is 0 Å². The molecule has 124 valence electrons. The molecule has 24 heavy (non-hydrogen) atoms. The number of para-hydroxylation sites is 1. The highest BCUT2D eigenvalue weighted by atomic mass is 16.5. The monoisotopic (exact) mass is 323 g/mol. The van der Waals surface area contributed by atoms with Gasteiger partial charge in [-0.2, -0.15) is 5.26 Å². The molecular weight excluding hydrogens is 302 g/mol. The normalized spacial score (nSPS) is 14.6. The van der Waals surface area contributed by atoms with Gasteiger partial charge in [-0.3, -0.25) is 0 Å². The van der Waals surface area contributed by atoms with E-state index in [-0.39, 0.29) is 6.10 Å². The molecular formula is C18H21N5O. The lowest BCUT2D eigenvalue weighted by Gasteiger charge is -2.37. The lowest BCUT2D eigenvalue weighted by molar-refractivity contribution is 0.232. The molecule has 1 aliphatic rings. The molecule has 0 bridgehead atoms. The van der Waals surface area contributed by atoms with Gasteiger partial charge in [-0.1, -0.05) is 12.1 Å². The van der Waals surface area contributed by atoms with Gasteiger partial charge in [0.2, 0.25) is 0 Å². The number of aromatic nitrogens is 2. The van der Waals surface area contributed by atoms with Crippen molar-refractivity contribution in [1.29, 1.82) is 5.26 Å². The van der Waals surface area contributed by atoms with Crippen molar-refractivity contribution in [2.45, 2.75) is 20.0 Å². The fraction of sp³-hybridized carbons (Fsp3) is 0.389. The van der Waals surface area contributed by atoms with Crippen LogP contribution in [0.15, 0.2) is 36.7 Å². The van der Waals surface area contributed by atoms with Gasteiger partial charge in [0.25, 0.3) is 5.88 Å². The maximum absolute atomic E-state index is 9.28. The molecule has 6 nitrogen and oxygen atoms in total. The molecule has 1 aromatic heterocycles. The first kappa shape index (κ1) is 16.1. The smallest absolute Gasteiger partial charge is 0.257 e. The predicted octanol–water partition coefficient (Wildman–Crippen LogP) is 2.46. The first-order chi connectivity index (χ1) is 11.7. The molecule has 1 fully saturated rings. The van der Waals surface area contributed by atoms with Crippen molar-refractivity contribution in [2.24, 2.45) is 0 Å². The van der Waals surface area contributed by atoms with Crippen LogP contribution in [0.2, 0.25) is 0 Å². The van der Waals surface area contributed by atoms with E-state index in [1.165, 1.54) is 0 Å². The standard InChI is InChI=1S/C18H21N5O/c1-14(2)24-18-17(20-7-8-21-18)23-11-9-22(10-12-23)16-6-4-3-5-15(16)13-19/h3-8,14H,9-12H2,1-2H3. The van der Waals surface area contributed by atoms with Gasteiger partial charge in [-0.05, 0) is 26.0 Å². The Balaban J connectivity index is 1.73. The third-order valence-electron chi connectivity index (χ3n) is 3.94. The molecule has 0 aliphatic carbocycles. The Kier molecular flexibility index (Phi) is 4.80. The second-order valence-corrected chi connectivity index (χ2v) is 5.95. The second kappa shape index (κ2) is 7.18. The zero-order valence-electron chi connectivity index (χ0n) is 14.0. The topological polar surface area (TPSA) is 65.3 Å². The molecule has 3 rings (SSSR count). The van der Waals surface area contributed by atoms with E-state index in [4.69, 9.17) is 4.74 Å². The molecule has 0 atom stereocenters. The highest BCUT2D eigenvalue weighted by Crippen LogP contribution is 2.27. The van der Waals surface area contributed by atoms with E-state index in [1.54, 1.807) is 12.4 Å². The zero-order valence-corrected chi connectivity index (χ0v) is 14.0. The zero-order chi connectivity index (χ0) is 16.9. The first-order valence-corrected chi connectivity index (χ1v) is 8.15. The van der Waals surface area contributed by atoms with Crippen molar-refractivity contribution in [2.75, 3.05) is 36.0 Å². The molecule has 2 heterocycles. The summed E-state index contributed by atoms with van der Waals surface area (Å²) in [6.07, 6.45) is 3.41. The minimum atomic E-state index is 0.0595. The molecule has 0 N–H and O–H groups in total. The maximum atomic E-state index is 9.28. The number of piperazine rings is 1. The number of hydrogen-bond donors (Lipinski definition) is 0. The Hall–Kier alpha value is -2.81. The molecule has 1 aliphatic heterocycles. The van der Waals surface area contributed by atoms with Crippen molar-refractivity contribution in [3.05, 3.63) is 42.2 Å². The van der Waals surface area contributed by atoms with Gasteiger partial charge >= 0.3 is 0 Å². The van der Waals surface area contributed by atoms with Crippen molar-refractivity contribution >= 4 is 11.5 Å². The quantitative estimate of drug-likeness (QED) is 0.861. The Morgan fingerprint density at radius 2 is 1.71 bits per heavy atom. The third-order valence-corrected chi connectivity index (χ3v) is 3.94. The van der Waals surface area contributed by atoms with Crippen molar-refractivity contribution in [3.8, 4) is 11.9 Å². The van der Waals surface area contributed by atoms with E-state index >= 15 is 0 Å². The summed E-state index contributed by atoms with van der Waals surface area (Å²) in [5, 5.41) is 9.28. The number of anilines is 2. The van der Waals surface area contributed by atoms with Crippen LogP contribution in [0.3, 0.4) is 0 Å². The number of benzene rings is 1. The lowest BCUT2D eigenvalue weighted by Crippen LogP contribution is -2.47. The summed E-state index contributed by atoms with van der Waals surface area (Å²) in [5.41, 5.74) is 1.71. The largest absolute Gasteiger partial charge is 0.472 e. The fourth-order valence-electron chi connectivity index (χ4n) is 2.84. The molecule has 0 amide bonds. The van der Waals surface area contributed by atoms with Gasteiger partial charge in [0.1, 0.15) is 6.07 Å². The molecule has 6 heteroatoms. The van der Waals surface area contributed by atoms with E-state index < -0.39 is 0 Å². The van der Waals surface area contributed by atoms with Crippen LogP contribution in [0.4, 0.5) is 11.5 Å². The van der Waals surface area contributed by atoms with E-state index in [2.05, 4.69) is 25.8 Å². The number of nitrogens with zero attached hydrogens (tertiary/aromatic N) is 5. The van der Waals surface area contributed by atoms with Crippen LogP contribution in [0.25, 0.3) is 0 Å². The van der Waals surface area contributed by atoms with Gasteiger partial charge in [0, 0.05) is 38.6 Å². The van der Waals surface area contributed by atoms with Crippen LogP contribution in [0, 0.1) is 11.3 Å². The lowest BCUT2D eigenvalue weighted by atomic mass is 10.1. The Bertz CT molecular complexity index is 732. The summed E-state index contributed by atoms with van der Waals surface area (Å²) in [6.45, 7) is 7.25. The van der Waals surface area contributed by atoms with Gasteiger partial charge in [0.05, 0.1) is 17.4 Å². The van der Waals surface area contributed by atoms with Crippen molar-refractivity contribution in [1.82, 2.24) is 9.97 Å². The Labute approximate surface area is 142 Å². The van der Waals surface area contributed by atoms with Gasteiger partial charge in [0.15, 0.2) is 5.82 Å². The van der Waals surface area contributed by atoms with E-state index in [0.29, 0.717) is 11.4 Å². The fourth-order valence-corrected chi connectivity index (χ4v) is 2.84. The summed E-state index contributed by atoms with van der Waals surface area (Å²) in [7, 11) is 0.